The summed E-state index contributed by atoms with van der Waals surface area (Å²) in [6.45, 7) is 0. The van der Waals surface area contributed by atoms with Crippen LogP contribution in [0.15, 0.2) is 51.4 Å². The molecule has 0 amide bonds. The zero-order valence-electron chi connectivity index (χ0n) is 10.0. The van der Waals surface area contributed by atoms with Crippen LogP contribution in [0.25, 0.3) is 0 Å². The summed E-state index contributed by atoms with van der Waals surface area (Å²) in [6, 6.07) is 14.6. The van der Waals surface area contributed by atoms with Gasteiger partial charge in [-0.2, -0.15) is 0 Å². The molecule has 1 atom stereocenters. The molecule has 0 aromatic heterocycles. The smallest absolute Gasteiger partial charge is 0.0511 e. The number of halogens is 3. The molecule has 2 rings (SSSR count). The van der Waals surface area contributed by atoms with Gasteiger partial charge in [0.15, 0.2) is 0 Å². The second-order valence-corrected chi connectivity index (χ2v) is 7.21. The Balaban J connectivity index is 2.27. The highest BCUT2D eigenvalue weighted by Gasteiger charge is 2.14. The van der Waals surface area contributed by atoms with Gasteiger partial charge in [0.1, 0.15) is 0 Å². The number of nitrogens with one attached hydrogen (secondary N) is 1. The highest BCUT2D eigenvalue weighted by atomic mass is 127. The third-order valence-corrected chi connectivity index (χ3v) is 4.83. The first-order valence-electron chi connectivity index (χ1n) is 5.75. The van der Waals surface area contributed by atoms with Crippen LogP contribution in [0.3, 0.4) is 0 Å². The summed E-state index contributed by atoms with van der Waals surface area (Å²) in [5.74, 6) is 5.73. The zero-order chi connectivity index (χ0) is 13.8. The molecule has 3 N–H and O–H groups in total. The van der Waals surface area contributed by atoms with Crippen LogP contribution in [-0.2, 0) is 6.42 Å². The molecule has 0 aliphatic heterocycles. The Morgan fingerprint density at radius 3 is 2.53 bits per heavy atom. The molecule has 5 heteroatoms. The van der Waals surface area contributed by atoms with Crippen molar-refractivity contribution in [3.8, 4) is 0 Å². The van der Waals surface area contributed by atoms with Crippen molar-refractivity contribution in [1.82, 2.24) is 5.43 Å². The van der Waals surface area contributed by atoms with E-state index in [2.05, 4.69) is 84.1 Å². The predicted octanol–water partition coefficient (Wildman–Crippen LogP) is 4.56. The molecule has 0 aliphatic rings. The van der Waals surface area contributed by atoms with Crippen molar-refractivity contribution in [3.05, 3.63) is 66.1 Å². The average Bonchev–Trinajstić information content (AvgIpc) is 2.39. The molecule has 0 fully saturated rings. The lowest BCUT2D eigenvalue weighted by Crippen LogP contribution is -2.30. The van der Waals surface area contributed by atoms with E-state index in [1.807, 2.05) is 18.2 Å². The Hall–Kier alpha value is 0.0500. The standard InChI is InChI=1S/C14H13Br2IN2/c15-10-3-1-2-9(6-10)7-14(19-18)12-8-11(16)4-5-13(12)17/h1-6,8,14,19H,7,18H2. The fraction of sp³-hybridized carbons (Fsp3) is 0.143. The van der Waals surface area contributed by atoms with E-state index in [1.165, 1.54) is 14.7 Å². The minimum Gasteiger partial charge on any atom is -0.271 e. The van der Waals surface area contributed by atoms with Gasteiger partial charge in [-0.3, -0.25) is 11.3 Å². The first kappa shape index (κ1) is 15.4. The third-order valence-electron chi connectivity index (χ3n) is 2.86. The first-order chi connectivity index (χ1) is 9.10. The quantitative estimate of drug-likeness (QED) is 0.371. The Morgan fingerprint density at radius 1 is 1.11 bits per heavy atom. The van der Waals surface area contributed by atoms with E-state index < -0.39 is 0 Å². The van der Waals surface area contributed by atoms with Crippen molar-refractivity contribution in [1.29, 1.82) is 0 Å². The number of benzene rings is 2. The molecular weight excluding hydrogens is 483 g/mol. The van der Waals surface area contributed by atoms with Gasteiger partial charge < -0.3 is 0 Å². The molecule has 2 aromatic carbocycles. The molecule has 0 saturated carbocycles. The Morgan fingerprint density at radius 2 is 1.84 bits per heavy atom. The van der Waals surface area contributed by atoms with Gasteiger partial charge in [-0.15, -0.1) is 0 Å². The summed E-state index contributed by atoms with van der Waals surface area (Å²) in [6.07, 6.45) is 0.850. The maximum atomic E-state index is 5.73. The summed E-state index contributed by atoms with van der Waals surface area (Å²) in [5.41, 5.74) is 5.36. The maximum absolute atomic E-state index is 5.73. The van der Waals surface area contributed by atoms with E-state index in [1.54, 1.807) is 0 Å². The molecule has 2 aromatic rings. The van der Waals surface area contributed by atoms with Gasteiger partial charge in [0.2, 0.25) is 0 Å². The van der Waals surface area contributed by atoms with Crippen LogP contribution in [-0.4, -0.2) is 0 Å². The maximum Gasteiger partial charge on any atom is 0.0511 e. The van der Waals surface area contributed by atoms with E-state index in [9.17, 15) is 0 Å². The predicted molar refractivity (Wildman–Crippen MR) is 94.8 cm³/mol. The van der Waals surface area contributed by atoms with E-state index in [-0.39, 0.29) is 6.04 Å². The van der Waals surface area contributed by atoms with Crippen molar-refractivity contribution < 1.29 is 0 Å². The largest absolute Gasteiger partial charge is 0.271 e. The molecule has 100 valence electrons. The third kappa shape index (κ3) is 4.26. The van der Waals surface area contributed by atoms with Crippen molar-refractivity contribution >= 4 is 54.5 Å². The molecule has 0 aliphatic carbocycles. The summed E-state index contributed by atoms with van der Waals surface area (Å²) in [5, 5.41) is 0. The molecule has 1 unspecified atom stereocenters. The Bertz CT molecular complexity index is 575. The van der Waals surface area contributed by atoms with Crippen molar-refractivity contribution in [2.75, 3.05) is 0 Å². The summed E-state index contributed by atoms with van der Waals surface area (Å²) < 4.78 is 3.36. The highest BCUT2D eigenvalue weighted by molar-refractivity contribution is 14.1. The Labute approximate surface area is 143 Å². The van der Waals surface area contributed by atoms with Gasteiger partial charge in [-0.1, -0.05) is 44.0 Å². The van der Waals surface area contributed by atoms with Crippen molar-refractivity contribution in [3.63, 3.8) is 0 Å². The number of hydrogen-bond acceptors (Lipinski definition) is 2. The normalized spacial score (nSPS) is 12.4. The number of rotatable bonds is 4. The van der Waals surface area contributed by atoms with Crippen LogP contribution in [0.4, 0.5) is 0 Å². The molecular formula is C14H13Br2IN2. The Kier molecular flexibility index (Phi) is 5.83. The second-order valence-electron chi connectivity index (χ2n) is 4.22. The monoisotopic (exact) mass is 494 g/mol. The van der Waals surface area contributed by atoms with E-state index in [0.717, 1.165) is 15.4 Å². The van der Waals surface area contributed by atoms with E-state index in [0.29, 0.717) is 0 Å². The van der Waals surface area contributed by atoms with Gasteiger partial charge in [-0.05, 0) is 70.5 Å². The first-order valence-corrected chi connectivity index (χ1v) is 8.42. The summed E-state index contributed by atoms with van der Waals surface area (Å²) in [4.78, 5) is 0. The average molecular weight is 496 g/mol. The molecule has 0 saturated heterocycles. The van der Waals surface area contributed by atoms with E-state index >= 15 is 0 Å². The molecule has 0 spiro atoms. The van der Waals surface area contributed by atoms with Gasteiger partial charge in [0.25, 0.3) is 0 Å². The molecule has 0 radical (unpaired) electrons. The molecule has 2 nitrogen and oxygen atoms in total. The second kappa shape index (κ2) is 7.17. The summed E-state index contributed by atoms with van der Waals surface area (Å²) >= 11 is 9.35. The lowest BCUT2D eigenvalue weighted by molar-refractivity contribution is 0.549. The fourth-order valence-electron chi connectivity index (χ4n) is 1.94. The van der Waals surface area contributed by atoms with Crippen LogP contribution in [0.2, 0.25) is 0 Å². The fourth-order valence-corrected chi connectivity index (χ4v) is 3.48. The van der Waals surface area contributed by atoms with Crippen LogP contribution >= 0.6 is 54.5 Å². The highest BCUT2D eigenvalue weighted by Crippen LogP contribution is 2.27. The minimum absolute atomic E-state index is 0.0960. The molecule has 0 bridgehead atoms. The van der Waals surface area contributed by atoms with Crippen molar-refractivity contribution in [2.24, 2.45) is 5.84 Å². The van der Waals surface area contributed by atoms with Crippen LogP contribution in [0.5, 0.6) is 0 Å². The molecule has 19 heavy (non-hydrogen) atoms. The topological polar surface area (TPSA) is 38.0 Å². The lowest BCUT2D eigenvalue weighted by Gasteiger charge is -2.18. The van der Waals surface area contributed by atoms with Gasteiger partial charge in [-0.25, -0.2) is 0 Å². The number of nitrogens with two attached hydrogens (primary N) is 1. The van der Waals surface area contributed by atoms with Gasteiger partial charge >= 0.3 is 0 Å². The lowest BCUT2D eigenvalue weighted by atomic mass is 9.99. The summed E-state index contributed by atoms with van der Waals surface area (Å²) in [7, 11) is 0. The zero-order valence-corrected chi connectivity index (χ0v) is 15.4. The van der Waals surface area contributed by atoms with Crippen LogP contribution in [0.1, 0.15) is 17.2 Å². The van der Waals surface area contributed by atoms with Crippen LogP contribution in [0, 0.1) is 3.57 Å². The van der Waals surface area contributed by atoms with Crippen LogP contribution < -0.4 is 11.3 Å². The van der Waals surface area contributed by atoms with Crippen molar-refractivity contribution in [2.45, 2.75) is 12.5 Å². The van der Waals surface area contributed by atoms with Gasteiger partial charge in [0, 0.05) is 12.5 Å². The van der Waals surface area contributed by atoms with Gasteiger partial charge in [0.05, 0.1) is 6.04 Å². The SMILES string of the molecule is NNC(Cc1cccc(Br)c1)c1cc(Br)ccc1I. The van der Waals surface area contributed by atoms with E-state index in [4.69, 9.17) is 5.84 Å². The molecule has 0 heterocycles. The minimum atomic E-state index is 0.0960. The number of hydrogen-bond donors (Lipinski definition) is 2. The number of hydrazine groups is 1.